The monoisotopic (exact) mass is 532 g/mol. The fraction of sp³-hybridized carbons (Fsp3) is 0.667. The summed E-state index contributed by atoms with van der Waals surface area (Å²) in [5.41, 5.74) is 2.73. The number of hydrogen-bond acceptors (Lipinski definition) is 3. The van der Waals surface area contributed by atoms with Gasteiger partial charge in [-0.25, -0.2) is 0 Å². The van der Waals surface area contributed by atoms with Crippen LogP contribution in [0.5, 0.6) is 5.75 Å². The third-order valence-electron chi connectivity index (χ3n) is 9.97. The quantitative estimate of drug-likeness (QED) is 0.0977. The van der Waals surface area contributed by atoms with E-state index in [0.29, 0.717) is 35.7 Å². The SMILES string of the molecule is CCCCCC=CCC=CCCCCCCCC(=O)Oc1ccc2c(c1)CC[C@H]1[C@H]3CCC(=O)[C@@]3(C)CC[C@@H]21. The zero-order chi connectivity index (χ0) is 27.5. The normalized spacial score (nSPS) is 26.1. The Bertz CT molecular complexity index is 1000. The lowest BCUT2D eigenvalue weighted by atomic mass is 9.55. The smallest absolute Gasteiger partial charge is 0.311 e. The lowest BCUT2D eigenvalue weighted by Crippen LogP contribution is -2.42. The summed E-state index contributed by atoms with van der Waals surface area (Å²) in [6, 6.07) is 6.34. The van der Waals surface area contributed by atoms with Crippen molar-refractivity contribution in [1.29, 1.82) is 0 Å². The molecule has 0 spiro atoms. The van der Waals surface area contributed by atoms with Crippen LogP contribution in [0.2, 0.25) is 0 Å². The number of ether oxygens (including phenoxy) is 1. The number of Topliss-reactive ketones (excluding diaryl/α,β-unsaturated/α-hetero) is 1. The van der Waals surface area contributed by atoms with Gasteiger partial charge >= 0.3 is 5.97 Å². The number of aryl methyl sites for hydroxylation is 1. The van der Waals surface area contributed by atoms with Gasteiger partial charge in [0.15, 0.2) is 0 Å². The second-order valence-electron chi connectivity index (χ2n) is 12.6. The summed E-state index contributed by atoms with van der Waals surface area (Å²) in [5, 5.41) is 0. The van der Waals surface area contributed by atoms with Crippen LogP contribution in [0.4, 0.5) is 0 Å². The zero-order valence-electron chi connectivity index (χ0n) is 24.7. The largest absolute Gasteiger partial charge is 0.427 e. The topological polar surface area (TPSA) is 43.4 Å². The van der Waals surface area contributed by atoms with Crippen molar-refractivity contribution < 1.29 is 14.3 Å². The van der Waals surface area contributed by atoms with Gasteiger partial charge in [-0.05, 0) is 112 Å². The average molecular weight is 533 g/mol. The molecule has 1 aromatic rings. The zero-order valence-corrected chi connectivity index (χ0v) is 24.7. The molecule has 2 fully saturated rings. The number of hydrogen-bond donors (Lipinski definition) is 0. The summed E-state index contributed by atoms with van der Waals surface area (Å²) in [7, 11) is 0. The van der Waals surface area contributed by atoms with Crippen molar-refractivity contribution in [3.05, 3.63) is 53.6 Å². The van der Waals surface area contributed by atoms with E-state index in [1.54, 1.807) is 0 Å². The molecule has 0 radical (unpaired) electrons. The van der Waals surface area contributed by atoms with Gasteiger partial charge in [0.1, 0.15) is 11.5 Å². The Labute approximate surface area is 237 Å². The molecule has 0 unspecified atom stereocenters. The second kappa shape index (κ2) is 15.0. The van der Waals surface area contributed by atoms with Crippen molar-refractivity contribution in [3.8, 4) is 5.75 Å². The maximum Gasteiger partial charge on any atom is 0.311 e. The Balaban J connectivity index is 1.09. The lowest BCUT2D eigenvalue weighted by molar-refractivity contribution is -0.134. The van der Waals surface area contributed by atoms with Gasteiger partial charge < -0.3 is 4.74 Å². The first-order valence-corrected chi connectivity index (χ1v) is 16.2. The van der Waals surface area contributed by atoms with Gasteiger partial charge in [-0.15, -0.1) is 0 Å². The number of ketones is 1. The number of unbranched alkanes of at least 4 members (excludes halogenated alkanes) is 8. The number of allylic oxidation sites excluding steroid dienone is 4. The van der Waals surface area contributed by atoms with Crippen molar-refractivity contribution in [2.24, 2.45) is 17.3 Å². The Morgan fingerprint density at radius 3 is 2.46 bits per heavy atom. The molecule has 2 saturated carbocycles. The summed E-state index contributed by atoms with van der Waals surface area (Å²) in [5.74, 6) is 2.86. The molecule has 0 aromatic heterocycles. The van der Waals surface area contributed by atoms with Crippen LogP contribution in [0.3, 0.4) is 0 Å². The molecule has 3 heteroatoms. The van der Waals surface area contributed by atoms with E-state index in [-0.39, 0.29) is 11.4 Å². The fourth-order valence-corrected chi connectivity index (χ4v) is 7.66. The van der Waals surface area contributed by atoms with E-state index in [1.807, 2.05) is 6.07 Å². The van der Waals surface area contributed by atoms with Gasteiger partial charge in [-0.2, -0.15) is 0 Å². The van der Waals surface area contributed by atoms with Crippen LogP contribution < -0.4 is 4.74 Å². The first kappa shape index (κ1) is 29.8. The number of rotatable bonds is 15. The highest BCUT2D eigenvalue weighted by molar-refractivity contribution is 5.87. The highest BCUT2D eigenvalue weighted by Crippen LogP contribution is 2.59. The molecule has 39 heavy (non-hydrogen) atoms. The number of carbonyl (C=O) groups excluding carboxylic acids is 2. The van der Waals surface area contributed by atoms with E-state index in [4.69, 9.17) is 4.74 Å². The molecule has 3 nitrogen and oxygen atoms in total. The van der Waals surface area contributed by atoms with E-state index in [2.05, 4.69) is 50.3 Å². The minimum Gasteiger partial charge on any atom is -0.427 e. The van der Waals surface area contributed by atoms with Gasteiger partial charge in [0.2, 0.25) is 0 Å². The molecule has 4 atom stereocenters. The van der Waals surface area contributed by atoms with Gasteiger partial charge in [-0.1, -0.05) is 76.3 Å². The van der Waals surface area contributed by atoms with Crippen molar-refractivity contribution in [2.45, 2.75) is 135 Å². The average Bonchev–Trinajstić information content (AvgIpc) is 3.24. The van der Waals surface area contributed by atoms with E-state index >= 15 is 0 Å². The van der Waals surface area contributed by atoms with Crippen molar-refractivity contribution >= 4 is 11.8 Å². The molecule has 0 bridgehead atoms. The molecular formula is C36H52O3. The fourth-order valence-electron chi connectivity index (χ4n) is 7.66. The first-order chi connectivity index (χ1) is 19.0. The molecule has 214 valence electrons. The molecular weight excluding hydrogens is 480 g/mol. The highest BCUT2D eigenvalue weighted by Gasteiger charge is 2.54. The number of benzene rings is 1. The molecule has 0 amide bonds. The van der Waals surface area contributed by atoms with E-state index < -0.39 is 0 Å². The standard InChI is InChI=1S/C36H52O3/c1-3-4-5-6-7-8-9-10-11-12-13-14-15-16-17-18-35(38)39-29-20-22-30-28(27-29)19-21-32-31(30)25-26-36(2)33(32)23-24-34(36)37/h7-8,10-11,20,22,27,31-33H,3-6,9,12-19,21,23-26H2,1-2H3/t31-,32+,33+,36-/m0/s1. The van der Waals surface area contributed by atoms with Crippen LogP contribution in [-0.2, 0) is 16.0 Å². The van der Waals surface area contributed by atoms with Crippen molar-refractivity contribution in [2.75, 3.05) is 0 Å². The maximum absolute atomic E-state index is 12.6. The Kier molecular flexibility index (Phi) is 11.5. The van der Waals surface area contributed by atoms with E-state index in [0.717, 1.165) is 64.2 Å². The molecule has 0 heterocycles. The molecule has 4 rings (SSSR count). The predicted molar refractivity (Wildman–Crippen MR) is 161 cm³/mol. The third-order valence-corrected chi connectivity index (χ3v) is 9.97. The number of esters is 1. The first-order valence-electron chi connectivity index (χ1n) is 16.2. The van der Waals surface area contributed by atoms with E-state index in [9.17, 15) is 9.59 Å². The Morgan fingerprint density at radius 1 is 0.923 bits per heavy atom. The lowest BCUT2D eigenvalue weighted by Gasteiger charge is -2.48. The molecule has 1 aromatic carbocycles. The van der Waals surface area contributed by atoms with Crippen LogP contribution in [0.25, 0.3) is 0 Å². The van der Waals surface area contributed by atoms with E-state index in [1.165, 1.54) is 56.1 Å². The minimum atomic E-state index is -0.104. The highest BCUT2D eigenvalue weighted by atomic mass is 16.5. The summed E-state index contributed by atoms with van der Waals surface area (Å²) >= 11 is 0. The van der Waals surface area contributed by atoms with Crippen LogP contribution in [0.15, 0.2) is 42.5 Å². The Hall–Kier alpha value is -2.16. The maximum atomic E-state index is 12.6. The third kappa shape index (κ3) is 7.95. The summed E-state index contributed by atoms with van der Waals surface area (Å²) in [4.78, 5) is 25.0. The predicted octanol–water partition coefficient (Wildman–Crippen LogP) is 9.83. The van der Waals surface area contributed by atoms with Crippen molar-refractivity contribution in [1.82, 2.24) is 0 Å². The summed E-state index contributed by atoms with van der Waals surface area (Å²) in [6.45, 7) is 4.48. The molecule has 3 aliphatic carbocycles. The van der Waals surface area contributed by atoms with Crippen molar-refractivity contribution in [3.63, 3.8) is 0 Å². The van der Waals surface area contributed by atoms with Crippen LogP contribution >= 0.6 is 0 Å². The molecule has 0 saturated heterocycles. The van der Waals surface area contributed by atoms with Crippen LogP contribution in [0, 0.1) is 17.3 Å². The Morgan fingerprint density at radius 2 is 1.67 bits per heavy atom. The molecule has 3 aliphatic rings. The van der Waals surface area contributed by atoms with Crippen LogP contribution in [-0.4, -0.2) is 11.8 Å². The molecule has 0 aliphatic heterocycles. The summed E-state index contributed by atoms with van der Waals surface area (Å²) in [6.07, 6.45) is 28.9. The summed E-state index contributed by atoms with van der Waals surface area (Å²) < 4.78 is 5.74. The van der Waals surface area contributed by atoms with Crippen LogP contribution in [0.1, 0.15) is 140 Å². The number of fused-ring (bicyclic) bond motifs is 5. The number of carbonyl (C=O) groups is 2. The minimum absolute atomic E-state index is 0.0735. The van der Waals surface area contributed by atoms with Gasteiger partial charge in [-0.3, -0.25) is 9.59 Å². The molecule has 0 N–H and O–H groups in total. The van der Waals surface area contributed by atoms with Gasteiger partial charge in [0.05, 0.1) is 0 Å². The second-order valence-corrected chi connectivity index (χ2v) is 12.6. The van der Waals surface area contributed by atoms with Gasteiger partial charge in [0.25, 0.3) is 0 Å². The van der Waals surface area contributed by atoms with Gasteiger partial charge in [0, 0.05) is 18.3 Å².